The minimum absolute atomic E-state index is 0.169. The maximum Gasteiger partial charge on any atom is 0.311 e. The van der Waals surface area contributed by atoms with Crippen molar-refractivity contribution in [1.29, 1.82) is 0 Å². The van der Waals surface area contributed by atoms with Gasteiger partial charge in [0.15, 0.2) is 0 Å². The van der Waals surface area contributed by atoms with E-state index in [2.05, 4.69) is 15.2 Å². The van der Waals surface area contributed by atoms with Crippen LogP contribution in [0, 0.1) is 6.92 Å². The highest BCUT2D eigenvalue weighted by Crippen LogP contribution is 2.10. The molecule has 82 valence electrons. The summed E-state index contributed by atoms with van der Waals surface area (Å²) in [7, 11) is 0. The van der Waals surface area contributed by atoms with Gasteiger partial charge in [0, 0.05) is 6.20 Å². The van der Waals surface area contributed by atoms with Gasteiger partial charge in [-0.05, 0) is 19.1 Å². The molecule has 0 unspecified atom stereocenters. The van der Waals surface area contributed by atoms with Crippen LogP contribution >= 0.6 is 0 Å². The Balaban J connectivity index is 2.47. The molecule has 0 aliphatic carbocycles. The van der Waals surface area contributed by atoms with Gasteiger partial charge in [0.2, 0.25) is 0 Å². The molecule has 0 aliphatic heterocycles. The largest absolute Gasteiger partial charge is 0.481 e. The first-order valence-electron chi connectivity index (χ1n) is 4.72. The number of aromatic nitrogens is 4. The monoisotopic (exact) mass is 218 g/mol. The van der Waals surface area contributed by atoms with Gasteiger partial charge in [-0.15, -0.1) is 10.2 Å². The second-order valence-electron chi connectivity index (χ2n) is 3.26. The van der Waals surface area contributed by atoms with E-state index >= 15 is 0 Å². The van der Waals surface area contributed by atoms with Crippen LogP contribution in [0.1, 0.15) is 11.6 Å². The van der Waals surface area contributed by atoms with Gasteiger partial charge in [0.25, 0.3) is 0 Å². The lowest BCUT2D eigenvalue weighted by atomic mass is 10.4. The number of nitrogens with zero attached hydrogens (tertiary/aromatic N) is 4. The van der Waals surface area contributed by atoms with Gasteiger partial charge in [-0.25, -0.2) is 4.98 Å². The smallest absolute Gasteiger partial charge is 0.311 e. The van der Waals surface area contributed by atoms with E-state index in [1.54, 1.807) is 29.8 Å². The standard InChI is InChI=1S/C10H10N4O2/c1-7-12-13-9(6-10(15)16)14(7)8-4-2-3-5-11-8/h2-5H,6H2,1H3,(H,15,16). The highest BCUT2D eigenvalue weighted by molar-refractivity contribution is 5.69. The van der Waals surface area contributed by atoms with Crippen molar-refractivity contribution >= 4 is 5.97 Å². The van der Waals surface area contributed by atoms with Gasteiger partial charge in [-0.1, -0.05) is 6.07 Å². The molecule has 6 heteroatoms. The van der Waals surface area contributed by atoms with Crippen molar-refractivity contribution in [3.63, 3.8) is 0 Å². The average molecular weight is 218 g/mol. The summed E-state index contributed by atoms with van der Waals surface area (Å²) in [5.41, 5.74) is 0. The molecule has 16 heavy (non-hydrogen) atoms. The Bertz CT molecular complexity index is 507. The molecule has 0 saturated heterocycles. The summed E-state index contributed by atoms with van der Waals surface area (Å²) in [4.78, 5) is 14.8. The number of carbonyl (C=O) groups is 1. The van der Waals surface area contributed by atoms with Crippen LogP contribution in [0.4, 0.5) is 0 Å². The molecule has 0 atom stereocenters. The summed E-state index contributed by atoms with van der Waals surface area (Å²) in [6.45, 7) is 1.76. The van der Waals surface area contributed by atoms with Crippen molar-refractivity contribution in [3.05, 3.63) is 36.0 Å². The van der Waals surface area contributed by atoms with Crippen LogP contribution in [-0.4, -0.2) is 30.8 Å². The minimum atomic E-state index is -0.940. The van der Waals surface area contributed by atoms with E-state index in [0.29, 0.717) is 17.5 Å². The van der Waals surface area contributed by atoms with Crippen molar-refractivity contribution in [1.82, 2.24) is 19.7 Å². The molecule has 0 radical (unpaired) electrons. The summed E-state index contributed by atoms with van der Waals surface area (Å²) in [5.74, 6) is 0.685. The number of carboxylic acids is 1. The highest BCUT2D eigenvalue weighted by atomic mass is 16.4. The predicted octanol–water partition coefficient (Wildman–Crippen LogP) is 0.598. The Morgan fingerprint density at radius 3 is 2.88 bits per heavy atom. The number of hydrogen-bond acceptors (Lipinski definition) is 4. The van der Waals surface area contributed by atoms with E-state index in [1.165, 1.54) is 0 Å². The molecular weight excluding hydrogens is 208 g/mol. The molecule has 0 amide bonds. The number of rotatable bonds is 3. The van der Waals surface area contributed by atoms with Crippen LogP contribution in [0.25, 0.3) is 5.82 Å². The Labute approximate surface area is 91.6 Å². The maximum atomic E-state index is 10.7. The molecule has 2 heterocycles. The lowest BCUT2D eigenvalue weighted by molar-refractivity contribution is -0.136. The van der Waals surface area contributed by atoms with Crippen LogP contribution in [0.3, 0.4) is 0 Å². The summed E-state index contributed by atoms with van der Waals surface area (Å²) in [6.07, 6.45) is 1.47. The van der Waals surface area contributed by atoms with Crippen molar-refractivity contribution in [2.45, 2.75) is 13.3 Å². The summed E-state index contributed by atoms with van der Waals surface area (Å²) < 4.78 is 1.63. The number of aryl methyl sites for hydroxylation is 1. The van der Waals surface area contributed by atoms with Crippen molar-refractivity contribution in [3.8, 4) is 5.82 Å². The molecule has 0 saturated carbocycles. The first-order valence-corrected chi connectivity index (χ1v) is 4.72. The van der Waals surface area contributed by atoms with Gasteiger partial charge in [0.05, 0.1) is 0 Å². The third kappa shape index (κ3) is 1.90. The SMILES string of the molecule is Cc1nnc(CC(=O)O)n1-c1ccccn1. The normalized spacial score (nSPS) is 10.3. The first kappa shape index (κ1) is 10.3. The Morgan fingerprint density at radius 2 is 2.25 bits per heavy atom. The molecule has 1 N–H and O–H groups in total. The minimum Gasteiger partial charge on any atom is -0.481 e. The topological polar surface area (TPSA) is 80.9 Å². The molecule has 2 aromatic heterocycles. The molecule has 0 aliphatic rings. The average Bonchev–Trinajstić information content (AvgIpc) is 2.60. The van der Waals surface area contributed by atoms with E-state index in [0.717, 1.165) is 0 Å². The van der Waals surface area contributed by atoms with Gasteiger partial charge in [0.1, 0.15) is 23.9 Å². The molecule has 0 spiro atoms. The van der Waals surface area contributed by atoms with Crippen molar-refractivity contribution in [2.75, 3.05) is 0 Å². The van der Waals surface area contributed by atoms with Crippen LogP contribution < -0.4 is 0 Å². The summed E-state index contributed by atoms with van der Waals surface area (Å²) in [6, 6.07) is 5.40. The quantitative estimate of drug-likeness (QED) is 0.815. The lowest BCUT2D eigenvalue weighted by Gasteiger charge is -2.05. The molecule has 6 nitrogen and oxygen atoms in total. The van der Waals surface area contributed by atoms with Gasteiger partial charge in [-0.2, -0.15) is 0 Å². The fourth-order valence-electron chi connectivity index (χ4n) is 1.44. The fourth-order valence-corrected chi connectivity index (χ4v) is 1.44. The van der Waals surface area contributed by atoms with E-state index in [-0.39, 0.29) is 6.42 Å². The van der Waals surface area contributed by atoms with E-state index in [9.17, 15) is 4.79 Å². The zero-order valence-corrected chi connectivity index (χ0v) is 8.66. The van der Waals surface area contributed by atoms with Crippen LogP contribution in [-0.2, 0) is 11.2 Å². The number of pyridine rings is 1. The molecule has 0 fully saturated rings. The fraction of sp³-hybridized carbons (Fsp3) is 0.200. The predicted molar refractivity (Wildman–Crippen MR) is 55.2 cm³/mol. The molecule has 2 aromatic rings. The Hall–Kier alpha value is -2.24. The molecule has 0 aromatic carbocycles. The highest BCUT2D eigenvalue weighted by Gasteiger charge is 2.13. The number of aliphatic carboxylic acids is 1. The number of hydrogen-bond donors (Lipinski definition) is 1. The van der Waals surface area contributed by atoms with Gasteiger partial charge < -0.3 is 5.11 Å². The lowest BCUT2D eigenvalue weighted by Crippen LogP contribution is -2.09. The third-order valence-electron chi connectivity index (χ3n) is 2.08. The molecular formula is C10H10N4O2. The zero-order valence-electron chi connectivity index (χ0n) is 8.66. The first-order chi connectivity index (χ1) is 7.68. The van der Waals surface area contributed by atoms with E-state index < -0.39 is 5.97 Å². The molecule has 0 bridgehead atoms. The van der Waals surface area contributed by atoms with Gasteiger partial charge >= 0.3 is 5.97 Å². The molecule has 2 rings (SSSR count). The van der Waals surface area contributed by atoms with Crippen molar-refractivity contribution < 1.29 is 9.90 Å². The van der Waals surface area contributed by atoms with Crippen LogP contribution in [0.2, 0.25) is 0 Å². The van der Waals surface area contributed by atoms with Crippen LogP contribution in [0.5, 0.6) is 0 Å². The third-order valence-corrected chi connectivity index (χ3v) is 2.08. The Morgan fingerprint density at radius 1 is 1.44 bits per heavy atom. The number of carboxylic acid groups (broad SMARTS) is 1. The second-order valence-corrected chi connectivity index (χ2v) is 3.26. The van der Waals surface area contributed by atoms with Gasteiger partial charge in [-0.3, -0.25) is 9.36 Å². The summed E-state index contributed by atoms with van der Waals surface area (Å²) in [5, 5.41) is 16.4. The second kappa shape index (κ2) is 4.09. The van der Waals surface area contributed by atoms with Crippen molar-refractivity contribution in [2.24, 2.45) is 0 Å². The van der Waals surface area contributed by atoms with Crippen LogP contribution in [0.15, 0.2) is 24.4 Å². The van der Waals surface area contributed by atoms with E-state index in [4.69, 9.17) is 5.11 Å². The zero-order chi connectivity index (χ0) is 11.5. The Kier molecular flexibility index (Phi) is 2.63. The summed E-state index contributed by atoms with van der Waals surface area (Å²) >= 11 is 0. The maximum absolute atomic E-state index is 10.7. The van der Waals surface area contributed by atoms with E-state index in [1.807, 2.05) is 6.07 Å².